The molecule has 0 aromatic carbocycles. The zero-order chi connectivity index (χ0) is 39.8. The number of rotatable bonds is 43. The summed E-state index contributed by atoms with van der Waals surface area (Å²) in [7, 11) is -4.61. The van der Waals surface area contributed by atoms with Gasteiger partial charge in [-0.2, -0.15) is 0 Å². The van der Waals surface area contributed by atoms with Gasteiger partial charge in [-0.05, 0) is 38.5 Å². The number of allylic oxidation sites excluding steroid dienone is 2. The summed E-state index contributed by atoms with van der Waals surface area (Å²) in [5.41, 5.74) is 5.35. The molecule has 0 aromatic heterocycles. The van der Waals surface area contributed by atoms with Crippen LogP contribution in [0, 0.1) is 0 Å². The second kappa shape index (κ2) is 39.9. The molecule has 0 fully saturated rings. The zero-order valence-electron chi connectivity index (χ0n) is 34.8. The molecule has 10 nitrogen and oxygen atoms in total. The van der Waals surface area contributed by atoms with Crippen LogP contribution in [0.15, 0.2) is 12.2 Å². The van der Waals surface area contributed by atoms with Gasteiger partial charge in [0.25, 0.3) is 0 Å². The van der Waals surface area contributed by atoms with Gasteiger partial charge in [0.05, 0.1) is 19.8 Å². The van der Waals surface area contributed by atoms with Crippen LogP contribution in [0.3, 0.4) is 0 Å². The van der Waals surface area contributed by atoms with E-state index in [1.807, 2.05) is 0 Å². The number of phosphoric ester groups is 1. The van der Waals surface area contributed by atoms with E-state index >= 15 is 0 Å². The summed E-state index contributed by atoms with van der Waals surface area (Å²) < 4.78 is 33.3. The third-order valence-electron chi connectivity index (χ3n) is 9.79. The normalized spacial score (nSPS) is 14.0. The minimum absolute atomic E-state index is 0.0219. The van der Waals surface area contributed by atoms with Crippen LogP contribution in [0.4, 0.5) is 0 Å². The van der Waals surface area contributed by atoms with E-state index in [2.05, 4.69) is 26.0 Å². The number of carboxylic acids is 1. The molecule has 54 heavy (non-hydrogen) atoms. The van der Waals surface area contributed by atoms with Crippen molar-refractivity contribution in [2.75, 3.05) is 26.4 Å². The fourth-order valence-electron chi connectivity index (χ4n) is 6.31. The van der Waals surface area contributed by atoms with Crippen LogP contribution in [-0.4, -0.2) is 60.5 Å². The quantitative estimate of drug-likeness (QED) is 0.0235. The van der Waals surface area contributed by atoms with E-state index < -0.39 is 45.1 Å². The van der Waals surface area contributed by atoms with Crippen molar-refractivity contribution in [1.82, 2.24) is 0 Å². The Morgan fingerprint density at radius 1 is 0.574 bits per heavy atom. The van der Waals surface area contributed by atoms with Gasteiger partial charge in [0.2, 0.25) is 0 Å². The van der Waals surface area contributed by atoms with Crippen LogP contribution < -0.4 is 5.73 Å². The predicted octanol–water partition coefficient (Wildman–Crippen LogP) is 12.1. The molecule has 0 radical (unpaired) electrons. The summed E-state index contributed by atoms with van der Waals surface area (Å²) in [6, 6.07) is -1.47. The molecule has 320 valence electrons. The molecule has 0 aliphatic rings. The maximum absolute atomic E-state index is 12.6. The maximum Gasteiger partial charge on any atom is 0.472 e. The molecule has 0 amide bonds. The summed E-state index contributed by atoms with van der Waals surface area (Å²) in [6.45, 7) is 3.91. The number of nitrogens with two attached hydrogens (primary N) is 1. The van der Waals surface area contributed by atoms with Crippen molar-refractivity contribution in [2.24, 2.45) is 5.73 Å². The third kappa shape index (κ3) is 39.0. The van der Waals surface area contributed by atoms with Gasteiger partial charge in [0.1, 0.15) is 12.1 Å². The highest BCUT2D eigenvalue weighted by molar-refractivity contribution is 7.47. The molecule has 0 spiro atoms. The molecule has 0 saturated carbocycles. The van der Waals surface area contributed by atoms with E-state index in [1.54, 1.807) is 0 Å². The van der Waals surface area contributed by atoms with Crippen molar-refractivity contribution in [3.05, 3.63) is 12.2 Å². The van der Waals surface area contributed by atoms with Crippen molar-refractivity contribution in [1.29, 1.82) is 0 Å². The van der Waals surface area contributed by atoms with Crippen molar-refractivity contribution in [3.8, 4) is 0 Å². The molecule has 0 rings (SSSR count). The molecule has 0 heterocycles. The fraction of sp³-hybridized carbons (Fsp3) is 0.907. The van der Waals surface area contributed by atoms with Gasteiger partial charge < -0.3 is 25.2 Å². The standard InChI is InChI=1S/C43H84NO9P/c1-3-5-7-9-11-13-15-17-18-19-20-21-22-23-25-27-29-31-33-35-42(45)53-40(38-51-54(48,49)52-39-41(44)43(46)47)37-50-36-34-32-30-28-26-24-16-14-12-10-8-6-4-2/h17-18,40-41H,3-16,19-39,44H2,1-2H3,(H,46,47)(H,48,49)/b18-17-. The van der Waals surface area contributed by atoms with Crippen LogP contribution in [0.25, 0.3) is 0 Å². The first-order valence-electron chi connectivity index (χ1n) is 22.2. The number of aliphatic carboxylic acids is 1. The highest BCUT2D eigenvalue weighted by Gasteiger charge is 2.27. The van der Waals surface area contributed by atoms with Crippen LogP contribution in [0.2, 0.25) is 0 Å². The number of ether oxygens (including phenoxy) is 2. The lowest BCUT2D eigenvalue weighted by Crippen LogP contribution is -2.34. The zero-order valence-corrected chi connectivity index (χ0v) is 35.7. The summed E-state index contributed by atoms with van der Waals surface area (Å²) in [5.74, 6) is -1.77. The molecule has 0 aliphatic heterocycles. The molecule has 3 atom stereocenters. The molecule has 4 N–H and O–H groups in total. The van der Waals surface area contributed by atoms with Crippen molar-refractivity contribution >= 4 is 19.8 Å². The predicted molar refractivity (Wildman–Crippen MR) is 222 cm³/mol. The van der Waals surface area contributed by atoms with E-state index in [0.717, 1.165) is 38.5 Å². The van der Waals surface area contributed by atoms with E-state index in [4.69, 9.17) is 29.4 Å². The Bertz CT molecular complexity index is 919. The summed E-state index contributed by atoms with van der Waals surface area (Å²) >= 11 is 0. The lowest BCUT2D eigenvalue weighted by molar-refractivity contribution is -0.154. The molecule has 0 bridgehead atoms. The van der Waals surface area contributed by atoms with Gasteiger partial charge in [-0.15, -0.1) is 0 Å². The number of esters is 1. The first-order valence-corrected chi connectivity index (χ1v) is 23.7. The Hall–Kier alpha value is -1.29. The first kappa shape index (κ1) is 52.7. The summed E-state index contributed by atoms with van der Waals surface area (Å²) in [6.07, 6.45) is 41.1. The SMILES string of the molecule is CCCCCCCC/C=C\CCCCCCCCCCCC(=O)OC(COCCCCCCCCCCCCCCC)COP(=O)(O)OCC(N)C(=O)O. The van der Waals surface area contributed by atoms with E-state index in [-0.39, 0.29) is 13.0 Å². The lowest BCUT2D eigenvalue weighted by Gasteiger charge is -2.20. The van der Waals surface area contributed by atoms with Crippen molar-refractivity contribution in [3.63, 3.8) is 0 Å². The molecule has 3 unspecified atom stereocenters. The number of carbonyl (C=O) groups excluding carboxylic acids is 1. The van der Waals surface area contributed by atoms with Gasteiger partial charge in [-0.3, -0.25) is 18.6 Å². The molecule has 11 heteroatoms. The smallest absolute Gasteiger partial charge is 0.472 e. The van der Waals surface area contributed by atoms with E-state index in [9.17, 15) is 19.0 Å². The molecular weight excluding hydrogens is 705 g/mol. The fourth-order valence-corrected chi connectivity index (χ4v) is 7.08. The van der Waals surface area contributed by atoms with Gasteiger partial charge in [-0.25, -0.2) is 4.57 Å². The topological polar surface area (TPSA) is 155 Å². The largest absolute Gasteiger partial charge is 0.480 e. The second-order valence-corrected chi connectivity index (χ2v) is 16.6. The molecule has 0 saturated heterocycles. The van der Waals surface area contributed by atoms with Crippen molar-refractivity contribution in [2.45, 2.75) is 225 Å². The van der Waals surface area contributed by atoms with E-state index in [0.29, 0.717) is 13.0 Å². The number of hydrogen-bond acceptors (Lipinski definition) is 8. The molecule has 0 aliphatic carbocycles. The minimum Gasteiger partial charge on any atom is -0.480 e. The van der Waals surface area contributed by atoms with Gasteiger partial charge in [0, 0.05) is 13.0 Å². The Balaban J connectivity index is 4.18. The van der Waals surface area contributed by atoms with Gasteiger partial charge >= 0.3 is 19.8 Å². The van der Waals surface area contributed by atoms with E-state index in [1.165, 1.54) is 148 Å². The minimum atomic E-state index is -4.61. The van der Waals surface area contributed by atoms with Crippen LogP contribution in [0.1, 0.15) is 213 Å². The second-order valence-electron chi connectivity index (χ2n) is 15.2. The lowest BCUT2D eigenvalue weighted by atomic mass is 10.0. The molecule has 0 aromatic rings. The number of phosphoric acid groups is 1. The van der Waals surface area contributed by atoms with Crippen LogP contribution in [0.5, 0.6) is 0 Å². The number of unbranched alkanes of at least 4 members (excludes halogenated alkanes) is 27. The molecular formula is C43H84NO9P. The number of hydrogen-bond donors (Lipinski definition) is 3. The summed E-state index contributed by atoms with van der Waals surface area (Å²) in [5, 5.41) is 8.89. The summed E-state index contributed by atoms with van der Waals surface area (Å²) in [4.78, 5) is 33.5. The Morgan fingerprint density at radius 2 is 0.963 bits per heavy atom. The average molecular weight is 790 g/mol. The van der Waals surface area contributed by atoms with Gasteiger partial charge in [-0.1, -0.05) is 180 Å². The van der Waals surface area contributed by atoms with Crippen molar-refractivity contribution < 1.29 is 42.7 Å². The average Bonchev–Trinajstić information content (AvgIpc) is 3.15. The Morgan fingerprint density at radius 3 is 1.41 bits per heavy atom. The van der Waals surface area contributed by atoms with Crippen LogP contribution in [-0.2, 0) is 32.7 Å². The monoisotopic (exact) mass is 790 g/mol. The maximum atomic E-state index is 12.6. The third-order valence-corrected chi connectivity index (χ3v) is 10.7. The number of carbonyl (C=O) groups is 2. The first-order chi connectivity index (χ1) is 26.2. The van der Waals surface area contributed by atoms with Crippen LogP contribution >= 0.6 is 7.82 Å². The Kier molecular flexibility index (Phi) is 39.0. The number of carboxylic acid groups (broad SMARTS) is 1. The Labute approximate surface area is 331 Å². The highest BCUT2D eigenvalue weighted by atomic mass is 31.2. The highest BCUT2D eigenvalue weighted by Crippen LogP contribution is 2.43. The van der Waals surface area contributed by atoms with Gasteiger partial charge in [0.15, 0.2) is 0 Å².